The van der Waals surface area contributed by atoms with Crippen molar-refractivity contribution in [1.82, 2.24) is 10.4 Å². The van der Waals surface area contributed by atoms with Gasteiger partial charge in [-0.05, 0) is 36.4 Å². The van der Waals surface area contributed by atoms with Crippen molar-refractivity contribution < 1.29 is 38.9 Å². The van der Waals surface area contributed by atoms with Crippen molar-refractivity contribution in [3.8, 4) is 11.5 Å². The molecule has 0 fully saturated rings. The summed E-state index contributed by atoms with van der Waals surface area (Å²) in [6.45, 7) is -0.685. The van der Waals surface area contributed by atoms with Gasteiger partial charge < -0.3 is 19.7 Å². The minimum absolute atomic E-state index is 0.154. The molecule has 170 valence electrons. The van der Waals surface area contributed by atoms with Crippen LogP contribution in [0.15, 0.2) is 48.5 Å². The minimum Gasteiger partial charge on any atom is -0.497 e. The van der Waals surface area contributed by atoms with Crippen LogP contribution in [0.4, 0.5) is 0 Å². The van der Waals surface area contributed by atoms with Crippen LogP contribution in [0.5, 0.6) is 11.5 Å². The van der Waals surface area contributed by atoms with Gasteiger partial charge in [-0.15, -0.1) is 0 Å². The van der Waals surface area contributed by atoms with Gasteiger partial charge in [0.2, 0.25) is 0 Å². The fraction of sp³-hybridized carbons (Fsp3) is 0.273. The number of hydrogen-bond acceptors (Lipinski definition) is 7. The standard InChI is InChI=1S/C22H24N2O8/c1-31-15-9-7-14(8-10-15)20(27)17(22(29)30)13-23-24(12-11-19(25)26)21(28)16-5-3-4-6-18(16)32-2/h3-10,17,23H,11-13H2,1-2H3,(H,25,26)(H,29,30). The van der Waals surface area contributed by atoms with Crippen LogP contribution < -0.4 is 14.9 Å². The zero-order valence-electron chi connectivity index (χ0n) is 17.6. The van der Waals surface area contributed by atoms with Gasteiger partial charge in [0.1, 0.15) is 17.4 Å². The molecule has 3 N–H and O–H groups in total. The number of methoxy groups -OCH3 is 2. The average molecular weight is 444 g/mol. The Morgan fingerprint density at radius 1 is 0.969 bits per heavy atom. The van der Waals surface area contributed by atoms with Crippen molar-refractivity contribution in [2.24, 2.45) is 5.92 Å². The van der Waals surface area contributed by atoms with Crippen LogP contribution in [0, 0.1) is 5.92 Å². The number of carbonyl (C=O) groups excluding carboxylic acids is 2. The molecule has 0 radical (unpaired) electrons. The number of carboxylic acids is 2. The summed E-state index contributed by atoms with van der Waals surface area (Å²) in [6.07, 6.45) is -0.391. The van der Waals surface area contributed by atoms with E-state index in [0.717, 1.165) is 5.01 Å². The second-order valence-corrected chi connectivity index (χ2v) is 6.65. The van der Waals surface area contributed by atoms with Crippen LogP contribution in [0.3, 0.4) is 0 Å². The molecule has 0 saturated heterocycles. The smallest absolute Gasteiger partial charge is 0.315 e. The number of ether oxygens (including phenoxy) is 2. The molecule has 2 rings (SSSR count). The number of Topliss-reactive ketones (excluding diaryl/α,β-unsaturated/α-hetero) is 1. The zero-order valence-corrected chi connectivity index (χ0v) is 17.6. The molecule has 2 aromatic carbocycles. The molecule has 1 atom stereocenters. The van der Waals surface area contributed by atoms with Gasteiger partial charge >= 0.3 is 11.9 Å². The summed E-state index contributed by atoms with van der Waals surface area (Å²) in [5.41, 5.74) is 2.93. The number of aliphatic carboxylic acids is 2. The van der Waals surface area contributed by atoms with Crippen LogP contribution in [0.2, 0.25) is 0 Å². The maximum absolute atomic E-state index is 13.0. The Morgan fingerprint density at radius 2 is 1.62 bits per heavy atom. The van der Waals surface area contributed by atoms with Gasteiger partial charge in [0, 0.05) is 18.7 Å². The van der Waals surface area contributed by atoms with E-state index in [2.05, 4.69) is 5.43 Å². The highest BCUT2D eigenvalue weighted by molar-refractivity contribution is 6.08. The van der Waals surface area contributed by atoms with Crippen molar-refractivity contribution in [3.63, 3.8) is 0 Å². The maximum atomic E-state index is 13.0. The van der Waals surface area contributed by atoms with Crippen LogP contribution >= 0.6 is 0 Å². The first kappa shape index (κ1) is 24.4. The lowest BCUT2D eigenvalue weighted by Gasteiger charge is -2.25. The Labute approximate surface area is 184 Å². The van der Waals surface area contributed by atoms with Crippen LogP contribution in [0.25, 0.3) is 0 Å². The summed E-state index contributed by atoms with van der Waals surface area (Å²) in [6, 6.07) is 12.3. The van der Waals surface area contributed by atoms with Crippen LogP contribution in [-0.2, 0) is 9.59 Å². The molecule has 0 aliphatic heterocycles. The van der Waals surface area contributed by atoms with E-state index in [-0.39, 0.29) is 23.4 Å². The molecule has 1 unspecified atom stereocenters. The fourth-order valence-corrected chi connectivity index (χ4v) is 2.88. The number of rotatable bonds is 12. The monoisotopic (exact) mass is 444 g/mol. The summed E-state index contributed by atoms with van der Waals surface area (Å²) >= 11 is 0. The molecule has 0 spiro atoms. The highest BCUT2D eigenvalue weighted by atomic mass is 16.5. The van der Waals surface area contributed by atoms with E-state index in [1.807, 2.05) is 0 Å². The third-order valence-electron chi connectivity index (χ3n) is 4.61. The van der Waals surface area contributed by atoms with Gasteiger partial charge in [-0.3, -0.25) is 24.2 Å². The lowest BCUT2D eigenvalue weighted by Crippen LogP contribution is -2.48. The molecule has 10 heteroatoms. The summed E-state index contributed by atoms with van der Waals surface area (Å²) < 4.78 is 10.2. The first-order valence-electron chi connectivity index (χ1n) is 9.59. The van der Waals surface area contributed by atoms with E-state index in [9.17, 15) is 24.3 Å². The Kier molecular flexibility index (Phi) is 8.72. The Balaban J connectivity index is 2.22. The van der Waals surface area contributed by atoms with Crippen molar-refractivity contribution in [2.45, 2.75) is 6.42 Å². The minimum atomic E-state index is -1.51. The van der Waals surface area contributed by atoms with E-state index in [4.69, 9.17) is 14.6 Å². The zero-order chi connectivity index (χ0) is 23.7. The van der Waals surface area contributed by atoms with E-state index in [1.165, 1.54) is 44.6 Å². The molecule has 1 amide bonds. The van der Waals surface area contributed by atoms with E-state index in [1.54, 1.807) is 18.2 Å². The van der Waals surface area contributed by atoms with Crippen molar-refractivity contribution in [2.75, 3.05) is 27.3 Å². The third kappa shape index (κ3) is 6.29. The number of ketones is 1. The number of amides is 1. The van der Waals surface area contributed by atoms with Crippen LogP contribution in [0.1, 0.15) is 27.1 Å². The summed E-state index contributed by atoms with van der Waals surface area (Å²) in [5.74, 6) is -4.56. The summed E-state index contributed by atoms with van der Waals surface area (Å²) in [5, 5.41) is 19.6. The Morgan fingerprint density at radius 3 is 2.19 bits per heavy atom. The molecule has 0 saturated carbocycles. The number of hydrazine groups is 1. The van der Waals surface area contributed by atoms with Gasteiger partial charge in [-0.1, -0.05) is 12.1 Å². The average Bonchev–Trinajstić information content (AvgIpc) is 2.80. The Bertz CT molecular complexity index is 974. The largest absolute Gasteiger partial charge is 0.497 e. The predicted octanol–water partition coefficient (Wildman–Crippen LogP) is 1.71. The second kappa shape index (κ2) is 11.5. The fourth-order valence-electron chi connectivity index (χ4n) is 2.88. The maximum Gasteiger partial charge on any atom is 0.315 e. The second-order valence-electron chi connectivity index (χ2n) is 6.65. The molecule has 0 aromatic heterocycles. The van der Waals surface area contributed by atoms with Crippen LogP contribution in [-0.4, -0.2) is 66.2 Å². The Hall–Kier alpha value is -3.92. The SMILES string of the molecule is COc1ccc(C(=O)C(CNN(CCC(=O)O)C(=O)c2ccccc2OC)C(=O)O)cc1. The lowest BCUT2D eigenvalue weighted by molar-refractivity contribution is -0.140. The van der Waals surface area contributed by atoms with E-state index >= 15 is 0 Å². The molecule has 32 heavy (non-hydrogen) atoms. The molecule has 0 heterocycles. The van der Waals surface area contributed by atoms with Gasteiger partial charge in [-0.25, -0.2) is 5.43 Å². The molecule has 0 bridgehead atoms. The molecular formula is C22H24N2O8. The van der Waals surface area contributed by atoms with Crippen molar-refractivity contribution in [3.05, 3.63) is 59.7 Å². The molecule has 2 aromatic rings. The normalized spacial score (nSPS) is 11.3. The molecule has 0 aliphatic rings. The van der Waals surface area contributed by atoms with Gasteiger partial charge in [0.15, 0.2) is 5.78 Å². The predicted molar refractivity (Wildman–Crippen MR) is 113 cm³/mol. The van der Waals surface area contributed by atoms with E-state index < -0.39 is 42.5 Å². The highest BCUT2D eigenvalue weighted by Gasteiger charge is 2.29. The first-order chi connectivity index (χ1) is 15.3. The van der Waals surface area contributed by atoms with Crippen molar-refractivity contribution >= 4 is 23.6 Å². The molecule has 0 aliphatic carbocycles. The number of benzene rings is 2. The van der Waals surface area contributed by atoms with Gasteiger partial charge in [0.25, 0.3) is 5.91 Å². The number of hydrogen-bond donors (Lipinski definition) is 3. The van der Waals surface area contributed by atoms with Gasteiger partial charge in [0.05, 0.1) is 26.2 Å². The quantitative estimate of drug-likeness (QED) is 0.253. The number of carbonyl (C=O) groups is 4. The van der Waals surface area contributed by atoms with E-state index in [0.29, 0.717) is 5.75 Å². The number of nitrogens with one attached hydrogen (secondary N) is 1. The summed E-state index contributed by atoms with van der Waals surface area (Å²) in [4.78, 5) is 48.5. The number of para-hydroxylation sites is 1. The first-order valence-corrected chi connectivity index (χ1v) is 9.59. The summed E-state index contributed by atoms with van der Waals surface area (Å²) in [7, 11) is 2.85. The van der Waals surface area contributed by atoms with Crippen molar-refractivity contribution in [1.29, 1.82) is 0 Å². The van der Waals surface area contributed by atoms with Gasteiger partial charge in [-0.2, -0.15) is 0 Å². The molecule has 10 nitrogen and oxygen atoms in total. The molecular weight excluding hydrogens is 420 g/mol. The number of carboxylic acid groups (broad SMARTS) is 2. The highest BCUT2D eigenvalue weighted by Crippen LogP contribution is 2.19. The third-order valence-corrected chi connectivity index (χ3v) is 4.61. The number of nitrogens with zero attached hydrogens (tertiary/aromatic N) is 1. The lowest BCUT2D eigenvalue weighted by atomic mass is 9.97. The topological polar surface area (TPSA) is 142 Å².